The number of carboxylic acids is 1. The van der Waals surface area contributed by atoms with Crippen molar-refractivity contribution in [2.75, 3.05) is 6.54 Å². The topological polar surface area (TPSA) is 95.5 Å². The Morgan fingerprint density at radius 2 is 1.89 bits per heavy atom. The first-order valence-corrected chi connectivity index (χ1v) is 6.72. The monoisotopic (exact) mass is 270 g/mol. The minimum Gasteiger partial charge on any atom is -0.480 e. The first-order valence-electron chi connectivity index (χ1n) is 6.72. The maximum atomic E-state index is 11.5. The highest BCUT2D eigenvalue weighted by Crippen LogP contribution is 2.28. The van der Waals surface area contributed by atoms with Crippen molar-refractivity contribution >= 4 is 17.8 Å². The largest absolute Gasteiger partial charge is 0.480 e. The van der Waals surface area contributed by atoms with Crippen molar-refractivity contribution in [1.29, 1.82) is 0 Å². The number of aliphatic carboxylic acids is 1. The molecular formula is C13H22N2O4. The molecule has 1 rings (SSSR count). The lowest BCUT2D eigenvalue weighted by Gasteiger charge is -2.14. The summed E-state index contributed by atoms with van der Waals surface area (Å²) in [6.45, 7) is 4.02. The van der Waals surface area contributed by atoms with Gasteiger partial charge in [-0.3, -0.25) is 9.59 Å². The number of carboxylic acid groups (broad SMARTS) is 1. The molecule has 0 heterocycles. The van der Waals surface area contributed by atoms with Crippen LogP contribution in [-0.4, -0.2) is 35.5 Å². The first kappa shape index (κ1) is 15.5. The van der Waals surface area contributed by atoms with Gasteiger partial charge < -0.3 is 15.7 Å². The highest BCUT2D eigenvalue weighted by Gasteiger charge is 2.32. The van der Waals surface area contributed by atoms with Crippen molar-refractivity contribution in [2.45, 2.75) is 45.6 Å². The average molecular weight is 270 g/mol. The molecular weight excluding hydrogens is 248 g/mol. The Bertz CT molecular complexity index is 351. The summed E-state index contributed by atoms with van der Waals surface area (Å²) < 4.78 is 0. The fraction of sp³-hybridized carbons (Fsp3) is 0.769. The lowest BCUT2D eigenvalue weighted by atomic mass is 10.1. The zero-order valence-corrected chi connectivity index (χ0v) is 11.4. The van der Waals surface area contributed by atoms with Crippen molar-refractivity contribution < 1.29 is 19.5 Å². The number of hydrogen-bond donors (Lipinski definition) is 3. The molecule has 0 aliphatic heterocycles. The van der Waals surface area contributed by atoms with E-state index in [4.69, 9.17) is 5.11 Å². The highest BCUT2D eigenvalue weighted by atomic mass is 16.4. The van der Waals surface area contributed by atoms with Crippen molar-refractivity contribution in [2.24, 2.45) is 11.8 Å². The molecule has 2 amide bonds. The van der Waals surface area contributed by atoms with Crippen LogP contribution < -0.4 is 10.6 Å². The van der Waals surface area contributed by atoms with Crippen LogP contribution in [-0.2, 0) is 14.4 Å². The van der Waals surface area contributed by atoms with Gasteiger partial charge in [-0.05, 0) is 25.7 Å². The standard InChI is InChI=1S/C13H22N2O4/c1-8(2)11(16)14-7-3-4-10(13(18)19)15-12(17)9-5-6-9/h8-10H,3-7H2,1-2H3,(H,14,16)(H,15,17)(H,18,19)/t10-/m0/s1. The van der Waals surface area contributed by atoms with Gasteiger partial charge in [0.05, 0.1) is 0 Å². The molecule has 0 unspecified atom stereocenters. The summed E-state index contributed by atoms with van der Waals surface area (Å²) in [6, 6.07) is -0.857. The van der Waals surface area contributed by atoms with Gasteiger partial charge in [0.25, 0.3) is 0 Å². The van der Waals surface area contributed by atoms with Crippen LogP contribution in [0.1, 0.15) is 39.5 Å². The Hall–Kier alpha value is -1.59. The molecule has 19 heavy (non-hydrogen) atoms. The summed E-state index contributed by atoms with van der Waals surface area (Å²) in [7, 11) is 0. The number of amides is 2. The van der Waals surface area contributed by atoms with E-state index in [1.165, 1.54) is 0 Å². The number of rotatable bonds is 8. The lowest BCUT2D eigenvalue weighted by Crippen LogP contribution is -2.42. The Balaban J connectivity index is 2.24. The van der Waals surface area contributed by atoms with Gasteiger partial charge in [0, 0.05) is 18.4 Å². The van der Waals surface area contributed by atoms with E-state index in [-0.39, 0.29) is 23.7 Å². The minimum absolute atomic E-state index is 0.00231. The molecule has 3 N–H and O–H groups in total. The van der Waals surface area contributed by atoms with Gasteiger partial charge in [-0.25, -0.2) is 4.79 Å². The van der Waals surface area contributed by atoms with Gasteiger partial charge in [-0.1, -0.05) is 13.8 Å². The normalized spacial score (nSPS) is 15.9. The molecule has 6 nitrogen and oxygen atoms in total. The molecule has 108 valence electrons. The molecule has 0 aromatic heterocycles. The zero-order valence-electron chi connectivity index (χ0n) is 11.4. The third-order valence-electron chi connectivity index (χ3n) is 3.06. The molecule has 0 saturated heterocycles. The van der Waals surface area contributed by atoms with Gasteiger partial charge in [-0.2, -0.15) is 0 Å². The summed E-state index contributed by atoms with van der Waals surface area (Å²) in [5, 5.41) is 14.3. The predicted molar refractivity (Wildman–Crippen MR) is 69.4 cm³/mol. The number of hydrogen-bond acceptors (Lipinski definition) is 3. The highest BCUT2D eigenvalue weighted by molar-refractivity contribution is 5.86. The Labute approximate surface area is 112 Å². The lowest BCUT2D eigenvalue weighted by molar-refractivity contribution is -0.142. The van der Waals surface area contributed by atoms with Crippen LogP contribution in [0.2, 0.25) is 0 Å². The third kappa shape index (κ3) is 5.72. The quantitative estimate of drug-likeness (QED) is 0.560. The Morgan fingerprint density at radius 1 is 1.26 bits per heavy atom. The zero-order chi connectivity index (χ0) is 14.4. The van der Waals surface area contributed by atoms with Crippen molar-refractivity contribution in [3.05, 3.63) is 0 Å². The molecule has 1 aliphatic carbocycles. The molecule has 1 fully saturated rings. The van der Waals surface area contributed by atoms with Crippen LogP contribution in [0.5, 0.6) is 0 Å². The SMILES string of the molecule is CC(C)C(=O)NCCC[C@H](NC(=O)C1CC1)C(=O)O. The minimum atomic E-state index is -1.02. The summed E-state index contributed by atoms with van der Waals surface area (Å²) in [4.78, 5) is 33.8. The molecule has 0 bridgehead atoms. The van der Waals surface area contributed by atoms with E-state index in [9.17, 15) is 14.4 Å². The van der Waals surface area contributed by atoms with E-state index in [0.29, 0.717) is 19.4 Å². The average Bonchev–Trinajstić information content (AvgIpc) is 3.15. The van der Waals surface area contributed by atoms with Crippen LogP contribution in [0, 0.1) is 11.8 Å². The van der Waals surface area contributed by atoms with E-state index in [1.54, 1.807) is 13.8 Å². The van der Waals surface area contributed by atoms with Crippen LogP contribution in [0.15, 0.2) is 0 Å². The fourth-order valence-corrected chi connectivity index (χ4v) is 1.61. The van der Waals surface area contributed by atoms with E-state index in [0.717, 1.165) is 12.8 Å². The van der Waals surface area contributed by atoms with E-state index in [1.807, 2.05) is 0 Å². The number of nitrogens with one attached hydrogen (secondary N) is 2. The van der Waals surface area contributed by atoms with Gasteiger partial charge in [0.1, 0.15) is 6.04 Å². The molecule has 6 heteroatoms. The van der Waals surface area contributed by atoms with Crippen molar-refractivity contribution in [3.8, 4) is 0 Å². The smallest absolute Gasteiger partial charge is 0.326 e. The first-order chi connectivity index (χ1) is 8.91. The van der Waals surface area contributed by atoms with Gasteiger partial charge in [0.15, 0.2) is 0 Å². The number of carbonyl (C=O) groups excluding carboxylic acids is 2. The molecule has 0 aromatic rings. The third-order valence-corrected chi connectivity index (χ3v) is 3.06. The molecule has 0 spiro atoms. The van der Waals surface area contributed by atoms with Crippen molar-refractivity contribution in [1.82, 2.24) is 10.6 Å². The van der Waals surface area contributed by atoms with Crippen LogP contribution in [0.25, 0.3) is 0 Å². The van der Waals surface area contributed by atoms with Gasteiger partial charge >= 0.3 is 5.97 Å². The predicted octanol–water partition coefficient (Wildman–Crippen LogP) is 0.518. The molecule has 0 radical (unpaired) electrons. The second kappa shape index (κ2) is 7.11. The van der Waals surface area contributed by atoms with E-state index in [2.05, 4.69) is 10.6 Å². The van der Waals surface area contributed by atoms with Gasteiger partial charge in [0.2, 0.25) is 11.8 Å². The fourth-order valence-electron chi connectivity index (χ4n) is 1.61. The summed E-state index contributed by atoms with van der Waals surface area (Å²) in [5.74, 6) is -1.32. The maximum absolute atomic E-state index is 11.5. The second-order valence-corrected chi connectivity index (χ2v) is 5.26. The molecule has 1 aliphatic rings. The number of carbonyl (C=O) groups is 3. The molecule has 0 aromatic carbocycles. The summed E-state index contributed by atoms with van der Waals surface area (Å²) in [5.41, 5.74) is 0. The van der Waals surface area contributed by atoms with Crippen molar-refractivity contribution in [3.63, 3.8) is 0 Å². The van der Waals surface area contributed by atoms with Gasteiger partial charge in [-0.15, -0.1) is 0 Å². The Kier molecular flexibility index (Phi) is 5.79. The molecule has 1 saturated carbocycles. The van der Waals surface area contributed by atoms with Crippen LogP contribution in [0.4, 0.5) is 0 Å². The van der Waals surface area contributed by atoms with Crippen LogP contribution in [0.3, 0.4) is 0 Å². The Morgan fingerprint density at radius 3 is 2.37 bits per heavy atom. The second-order valence-electron chi connectivity index (χ2n) is 5.26. The van der Waals surface area contributed by atoms with E-state index < -0.39 is 12.0 Å². The molecule has 1 atom stereocenters. The maximum Gasteiger partial charge on any atom is 0.326 e. The van der Waals surface area contributed by atoms with E-state index >= 15 is 0 Å². The van der Waals surface area contributed by atoms with Crippen LogP contribution >= 0.6 is 0 Å². The summed E-state index contributed by atoms with van der Waals surface area (Å²) >= 11 is 0. The summed E-state index contributed by atoms with van der Waals surface area (Å²) in [6.07, 6.45) is 2.55.